The van der Waals surface area contributed by atoms with Gasteiger partial charge in [0.25, 0.3) is 0 Å². The maximum atomic E-state index is 12.3. The van der Waals surface area contributed by atoms with Crippen molar-refractivity contribution in [3.8, 4) is 11.5 Å². The summed E-state index contributed by atoms with van der Waals surface area (Å²) in [4.78, 5) is 22.3. The molecule has 0 aliphatic carbocycles. The molecule has 1 aliphatic heterocycles. The average molecular weight is 454 g/mol. The fraction of sp³-hybridized carbons (Fsp3) is 0.400. The van der Waals surface area contributed by atoms with E-state index in [1.807, 2.05) is 45.0 Å². The van der Waals surface area contributed by atoms with Crippen molar-refractivity contribution < 1.29 is 23.9 Å². The second-order valence-electron chi connectivity index (χ2n) is 8.27. The van der Waals surface area contributed by atoms with Crippen molar-refractivity contribution in [1.29, 1.82) is 0 Å². The Morgan fingerprint density at radius 1 is 1.15 bits per heavy atom. The number of oxime groups is 2. The monoisotopic (exact) mass is 453 g/mol. The molecule has 0 radical (unpaired) electrons. The van der Waals surface area contributed by atoms with E-state index < -0.39 is 0 Å². The molecule has 176 valence electrons. The molecule has 0 unspecified atom stereocenters. The fourth-order valence-corrected chi connectivity index (χ4v) is 3.85. The Balaban J connectivity index is 1.99. The number of ether oxygens (including phenoxy) is 2. The lowest BCUT2D eigenvalue weighted by Gasteiger charge is -2.19. The quantitative estimate of drug-likeness (QED) is 0.435. The number of carbonyl (C=O) groups excluding carboxylic acids is 1. The van der Waals surface area contributed by atoms with E-state index in [1.165, 1.54) is 14.2 Å². The summed E-state index contributed by atoms with van der Waals surface area (Å²) >= 11 is 0. The molecule has 0 saturated heterocycles. The largest absolute Gasteiger partial charge is 0.485 e. The van der Waals surface area contributed by atoms with Crippen LogP contribution in [-0.4, -0.2) is 43.6 Å². The molecule has 2 aromatic carbocycles. The maximum Gasteiger partial charge on any atom is 0.198 e. The summed E-state index contributed by atoms with van der Waals surface area (Å²) in [5, 5.41) is 8.07. The van der Waals surface area contributed by atoms with Crippen LogP contribution < -0.4 is 15.2 Å². The SMILES string of the molecule is CC/C(=N\OC)c1cc2c(c(OCc3ccccc3/C(=N\OC)C(=O)CN)c1)OC(C)(C)C2. The van der Waals surface area contributed by atoms with Gasteiger partial charge in [-0.25, -0.2) is 0 Å². The molecule has 2 N–H and O–H groups in total. The van der Waals surface area contributed by atoms with Crippen molar-refractivity contribution in [2.24, 2.45) is 16.0 Å². The van der Waals surface area contributed by atoms with E-state index in [0.29, 0.717) is 17.7 Å². The molecule has 1 heterocycles. The molecule has 1 aliphatic rings. The molecule has 2 aromatic rings. The van der Waals surface area contributed by atoms with Crippen LogP contribution in [0.1, 0.15) is 49.4 Å². The summed E-state index contributed by atoms with van der Waals surface area (Å²) in [6.07, 6.45) is 1.46. The van der Waals surface area contributed by atoms with Gasteiger partial charge in [-0.3, -0.25) is 4.79 Å². The van der Waals surface area contributed by atoms with E-state index in [0.717, 1.165) is 34.6 Å². The van der Waals surface area contributed by atoms with Crippen molar-refractivity contribution in [1.82, 2.24) is 0 Å². The highest BCUT2D eigenvalue weighted by Crippen LogP contribution is 2.43. The first-order valence-electron chi connectivity index (χ1n) is 10.8. The van der Waals surface area contributed by atoms with E-state index in [2.05, 4.69) is 16.4 Å². The zero-order valence-corrected chi connectivity index (χ0v) is 19.8. The number of benzene rings is 2. The molecule has 0 bridgehead atoms. The number of hydrogen-bond acceptors (Lipinski definition) is 8. The molecule has 33 heavy (non-hydrogen) atoms. The van der Waals surface area contributed by atoms with Gasteiger partial charge in [-0.15, -0.1) is 0 Å². The Morgan fingerprint density at radius 2 is 1.88 bits per heavy atom. The Bertz CT molecular complexity index is 1080. The van der Waals surface area contributed by atoms with Crippen LogP contribution in [0, 0.1) is 0 Å². The number of Topliss-reactive ketones (excluding diaryl/α,β-unsaturated/α-hetero) is 1. The summed E-state index contributed by atoms with van der Waals surface area (Å²) in [6.45, 7) is 6.13. The van der Waals surface area contributed by atoms with Gasteiger partial charge in [0, 0.05) is 23.1 Å². The summed E-state index contributed by atoms with van der Waals surface area (Å²) in [7, 11) is 2.93. The van der Waals surface area contributed by atoms with E-state index in [4.69, 9.17) is 24.9 Å². The van der Waals surface area contributed by atoms with Crippen molar-refractivity contribution in [2.75, 3.05) is 20.8 Å². The molecule has 0 fully saturated rings. The zero-order valence-electron chi connectivity index (χ0n) is 19.8. The Kier molecular flexibility index (Phi) is 7.71. The summed E-state index contributed by atoms with van der Waals surface area (Å²) < 4.78 is 12.5. The lowest BCUT2D eigenvalue weighted by Crippen LogP contribution is -2.25. The minimum atomic E-state index is -0.340. The number of nitrogens with zero attached hydrogens (tertiary/aromatic N) is 2. The number of hydrogen-bond donors (Lipinski definition) is 1. The van der Waals surface area contributed by atoms with Crippen LogP contribution in [-0.2, 0) is 27.5 Å². The van der Waals surface area contributed by atoms with E-state index in [1.54, 1.807) is 6.07 Å². The Morgan fingerprint density at radius 3 is 2.55 bits per heavy atom. The van der Waals surface area contributed by atoms with Gasteiger partial charge >= 0.3 is 0 Å². The smallest absolute Gasteiger partial charge is 0.198 e. The van der Waals surface area contributed by atoms with Gasteiger partial charge in [-0.2, -0.15) is 0 Å². The molecule has 3 rings (SSSR count). The lowest BCUT2D eigenvalue weighted by atomic mass is 9.97. The van der Waals surface area contributed by atoms with Crippen LogP contribution >= 0.6 is 0 Å². The van der Waals surface area contributed by atoms with Crippen molar-refractivity contribution >= 4 is 17.2 Å². The fourth-order valence-electron chi connectivity index (χ4n) is 3.85. The molecule has 8 nitrogen and oxygen atoms in total. The van der Waals surface area contributed by atoms with E-state index in [9.17, 15) is 4.79 Å². The minimum Gasteiger partial charge on any atom is -0.485 e. The van der Waals surface area contributed by atoms with Gasteiger partial charge in [0.05, 0.1) is 12.3 Å². The normalized spacial score (nSPS) is 15.0. The van der Waals surface area contributed by atoms with E-state index in [-0.39, 0.29) is 30.2 Å². The first-order chi connectivity index (χ1) is 15.8. The predicted octanol–water partition coefficient (Wildman–Crippen LogP) is 3.62. The minimum absolute atomic E-state index is 0.163. The summed E-state index contributed by atoms with van der Waals surface area (Å²) in [5.74, 6) is 1.01. The Labute approximate surface area is 194 Å². The van der Waals surface area contributed by atoms with Gasteiger partial charge in [0.1, 0.15) is 26.4 Å². The molecule has 0 spiro atoms. The third-order valence-electron chi connectivity index (χ3n) is 5.28. The highest BCUT2D eigenvalue weighted by molar-refractivity contribution is 6.47. The first-order valence-corrected chi connectivity index (χ1v) is 10.8. The molecule has 8 heteroatoms. The van der Waals surface area contributed by atoms with Crippen LogP contribution in [0.3, 0.4) is 0 Å². The number of nitrogens with two attached hydrogens (primary N) is 1. The number of fused-ring (bicyclic) bond motifs is 1. The molecular formula is C25H31N3O5. The van der Waals surface area contributed by atoms with Crippen LogP contribution in [0.4, 0.5) is 0 Å². The third kappa shape index (κ3) is 5.51. The van der Waals surface area contributed by atoms with Gasteiger partial charge in [-0.05, 0) is 38.0 Å². The number of ketones is 1. The molecule has 0 aromatic heterocycles. The lowest BCUT2D eigenvalue weighted by molar-refractivity contribution is -0.111. The van der Waals surface area contributed by atoms with Crippen molar-refractivity contribution in [3.05, 3.63) is 58.7 Å². The van der Waals surface area contributed by atoms with Crippen LogP contribution in [0.2, 0.25) is 0 Å². The second kappa shape index (κ2) is 10.5. The van der Waals surface area contributed by atoms with Gasteiger partial charge in [0.2, 0.25) is 0 Å². The van der Waals surface area contributed by atoms with Crippen LogP contribution in [0.15, 0.2) is 46.7 Å². The highest BCUT2D eigenvalue weighted by Gasteiger charge is 2.33. The molecular weight excluding hydrogens is 422 g/mol. The molecule has 0 amide bonds. The topological polar surface area (TPSA) is 105 Å². The number of carbonyl (C=O) groups is 1. The van der Waals surface area contributed by atoms with Gasteiger partial charge < -0.3 is 24.9 Å². The van der Waals surface area contributed by atoms with Crippen molar-refractivity contribution in [3.63, 3.8) is 0 Å². The predicted molar refractivity (Wildman–Crippen MR) is 127 cm³/mol. The second-order valence-corrected chi connectivity index (χ2v) is 8.27. The number of rotatable bonds is 10. The van der Waals surface area contributed by atoms with Crippen LogP contribution in [0.5, 0.6) is 11.5 Å². The van der Waals surface area contributed by atoms with Gasteiger partial charge in [-0.1, -0.05) is 41.5 Å². The van der Waals surface area contributed by atoms with E-state index >= 15 is 0 Å². The van der Waals surface area contributed by atoms with Crippen molar-refractivity contribution in [2.45, 2.75) is 45.8 Å². The maximum absolute atomic E-state index is 12.3. The first kappa shape index (κ1) is 24.3. The molecule has 0 saturated carbocycles. The highest BCUT2D eigenvalue weighted by atomic mass is 16.6. The standard InChI is InChI=1S/C25H31N3O5/c1-6-20(27-30-4)17-11-18-13-25(2,3)33-24(18)22(12-17)32-15-16-9-7-8-10-19(16)23(28-31-5)21(29)14-26/h7-12H,6,13-15,26H2,1-5H3/b27-20+,28-23+. The van der Waals surface area contributed by atoms with Gasteiger partial charge in [0.15, 0.2) is 23.0 Å². The molecule has 0 atom stereocenters. The Hall–Kier alpha value is -3.39. The summed E-state index contributed by atoms with van der Waals surface area (Å²) in [6, 6.07) is 11.4. The van der Waals surface area contributed by atoms with Crippen LogP contribution in [0.25, 0.3) is 0 Å². The third-order valence-corrected chi connectivity index (χ3v) is 5.28. The summed E-state index contributed by atoms with van der Waals surface area (Å²) in [5.41, 5.74) is 9.57. The average Bonchev–Trinajstić information content (AvgIpc) is 3.13. The zero-order chi connectivity index (χ0) is 24.0.